The fourth-order valence-corrected chi connectivity index (χ4v) is 2.48. The minimum atomic E-state index is -4.82. The maximum Gasteiger partial charge on any atom is 0.573 e. The number of alkyl halides is 5. The summed E-state index contributed by atoms with van der Waals surface area (Å²) < 4.78 is 69.9. The number of para-hydroxylation sites is 1. The van der Waals surface area contributed by atoms with Gasteiger partial charge < -0.3 is 14.4 Å². The van der Waals surface area contributed by atoms with Crippen LogP contribution in [0.25, 0.3) is 0 Å². The van der Waals surface area contributed by atoms with E-state index in [-0.39, 0.29) is 35.9 Å². The lowest BCUT2D eigenvalue weighted by Gasteiger charge is -2.20. The van der Waals surface area contributed by atoms with Crippen molar-refractivity contribution in [2.75, 3.05) is 7.05 Å². The van der Waals surface area contributed by atoms with Crippen LogP contribution in [0.5, 0.6) is 11.5 Å². The minimum Gasteiger partial charge on any atom is -0.435 e. The number of halogens is 5. The van der Waals surface area contributed by atoms with E-state index in [1.165, 1.54) is 42.3 Å². The van der Waals surface area contributed by atoms with E-state index in [0.29, 0.717) is 6.42 Å². The highest BCUT2D eigenvalue weighted by Gasteiger charge is 2.32. The Bertz CT molecular complexity index is 778. The van der Waals surface area contributed by atoms with Crippen molar-refractivity contribution in [3.8, 4) is 11.5 Å². The second-order valence-electron chi connectivity index (χ2n) is 5.93. The summed E-state index contributed by atoms with van der Waals surface area (Å²) in [5, 5.41) is 0. The third-order valence-electron chi connectivity index (χ3n) is 3.81. The van der Waals surface area contributed by atoms with Gasteiger partial charge in [-0.05, 0) is 30.2 Å². The first-order valence-corrected chi connectivity index (χ1v) is 8.25. The van der Waals surface area contributed by atoms with E-state index in [2.05, 4.69) is 9.47 Å². The third kappa shape index (κ3) is 7.05. The van der Waals surface area contributed by atoms with Crippen molar-refractivity contribution >= 4 is 5.91 Å². The van der Waals surface area contributed by atoms with E-state index in [1.807, 2.05) is 0 Å². The standard InChI is InChI=1S/C19H18F5NO3/c1-25(12-14-4-2-3-5-16(14)28-19(22,23)24)17(26)11-8-13-6-9-15(10-7-13)27-18(20)21/h2-7,9-10,18H,8,11-12H2,1H3. The molecular weight excluding hydrogens is 385 g/mol. The molecule has 0 aromatic heterocycles. The number of benzene rings is 2. The molecule has 0 saturated carbocycles. The minimum absolute atomic E-state index is 0.0171. The molecule has 0 saturated heterocycles. The van der Waals surface area contributed by atoms with Crippen molar-refractivity contribution in [1.82, 2.24) is 4.90 Å². The number of aryl methyl sites for hydroxylation is 1. The number of hydrogen-bond donors (Lipinski definition) is 0. The zero-order chi connectivity index (χ0) is 20.7. The maximum absolute atomic E-state index is 12.5. The molecule has 0 radical (unpaired) electrons. The van der Waals surface area contributed by atoms with Crippen LogP contribution in [0.2, 0.25) is 0 Å². The molecule has 0 atom stereocenters. The Morgan fingerprint density at radius 2 is 1.71 bits per heavy atom. The summed E-state index contributed by atoms with van der Waals surface area (Å²) >= 11 is 0. The van der Waals surface area contributed by atoms with Crippen molar-refractivity contribution in [1.29, 1.82) is 0 Å². The van der Waals surface area contributed by atoms with E-state index >= 15 is 0 Å². The summed E-state index contributed by atoms with van der Waals surface area (Å²) in [4.78, 5) is 13.6. The Balaban J connectivity index is 1.91. The van der Waals surface area contributed by atoms with Gasteiger partial charge in [-0.15, -0.1) is 13.2 Å². The highest BCUT2D eigenvalue weighted by Crippen LogP contribution is 2.27. The lowest BCUT2D eigenvalue weighted by molar-refractivity contribution is -0.275. The van der Waals surface area contributed by atoms with Crippen molar-refractivity contribution in [3.05, 3.63) is 59.7 Å². The van der Waals surface area contributed by atoms with E-state index in [0.717, 1.165) is 5.56 Å². The first-order chi connectivity index (χ1) is 13.1. The number of rotatable bonds is 8. The van der Waals surface area contributed by atoms with Crippen LogP contribution < -0.4 is 9.47 Å². The molecule has 0 bridgehead atoms. The molecule has 2 rings (SSSR count). The molecule has 9 heteroatoms. The summed E-state index contributed by atoms with van der Waals surface area (Å²) in [5.41, 5.74) is 0.966. The Labute approximate surface area is 158 Å². The van der Waals surface area contributed by atoms with Crippen LogP contribution in [0.1, 0.15) is 17.5 Å². The van der Waals surface area contributed by atoms with Crippen LogP contribution >= 0.6 is 0 Å². The number of amides is 1. The van der Waals surface area contributed by atoms with Crippen LogP contribution in [0.15, 0.2) is 48.5 Å². The van der Waals surface area contributed by atoms with Gasteiger partial charge in [-0.3, -0.25) is 4.79 Å². The maximum atomic E-state index is 12.5. The van der Waals surface area contributed by atoms with E-state index in [4.69, 9.17) is 0 Å². The molecule has 2 aromatic carbocycles. The largest absolute Gasteiger partial charge is 0.573 e. The molecule has 152 valence electrons. The van der Waals surface area contributed by atoms with Gasteiger partial charge in [0.25, 0.3) is 0 Å². The molecule has 4 nitrogen and oxygen atoms in total. The quantitative estimate of drug-likeness (QED) is 0.596. The summed E-state index contributed by atoms with van der Waals surface area (Å²) in [5.74, 6) is -0.623. The van der Waals surface area contributed by atoms with E-state index in [1.54, 1.807) is 18.2 Å². The van der Waals surface area contributed by atoms with Gasteiger partial charge in [-0.2, -0.15) is 8.78 Å². The second-order valence-corrected chi connectivity index (χ2v) is 5.93. The molecular formula is C19H18F5NO3. The lowest BCUT2D eigenvalue weighted by Crippen LogP contribution is -2.27. The zero-order valence-electron chi connectivity index (χ0n) is 14.9. The highest BCUT2D eigenvalue weighted by molar-refractivity contribution is 5.76. The van der Waals surface area contributed by atoms with E-state index < -0.39 is 13.0 Å². The van der Waals surface area contributed by atoms with Crippen molar-refractivity contribution in [3.63, 3.8) is 0 Å². The molecule has 0 aliphatic carbocycles. The van der Waals surface area contributed by atoms with Gasteiger partial charge in [0.2, 0.25) is 5.91 Å². The van der Waals surface area contributed by atoms with Gasteiger partial charge in [0.15, 0.2) is 0 Å². The van der Waals surface area contributed by atoms with Crippen LogP contribution in [-0.2, 0) is 17.8 Å². The molecule has 0 unspecified atom stereocenters. The number of ether oxygens (including phenoxy) is 2. The Morgan fingerprint density at radius 3 is 2.32 bits per heavy atom. The number of carbonyl (C=O) groups excluding carboxylic acids is 1. The molecule has 0 aliphatic rings. The average Bonchev–Trinajstić information content (AvgIpc) is 2.60. The Kier molecular flexibility index (Phi) is 7.19. The Hall–Kier alpha value is -2.84. The normalized spacial score (nSPS) is 11.4. The third-order valence-corrected chi connectivity index (χ3v) is 3.81. The monoisotopic (exact) mass is 403 g/mol. The number of nitrogens with zero attached hydrogens (tertiary/aromatic N) is 1. The van der Waals surface area contributed by atoms with Gasteiger partial charge in [0.1, 0.15) is 11.5 Å². The number of carbonyl (C=O) groups is 1. The average molecular weight is 403 g/mol. The van der Waals surface area contributed by atoms with Crippen LogP contribution in [0.3, 0.4) is 0 Å². The fraction of sp³-hybridized carbons (Fsp3) is 0.316. The summed E-state index contributed by atoms with van der Waals surface area (Å²) in [6.45, 7) is -2.96. The fourth-order valence-electron chi connectivity index (χ4n) is 2.48. The predicted octanol–water partition coefficient (Wildman–Crippen LogP) is 4.78. The lowest BCUT2D eigenvalue weighted by atomic mass is 10.1. The molecule has 0 spiro atoms. The smallest absolute Gasteiger partial charge is 0.435 e. The highest BCUT2D eigenvalue weighted by atomic mass is 19.4. The van der Waals surface area contributed by atoms with Crippen molar-refractivity contribution in [2.24, 2.45) is 0 Å². The summed E-state index contributed by atoms with van der Waals surface area (Å²) in [7, 11) is 1.48. The first kappa shape index (κ1) is 21.5. The molecule has 0 N–H and O–H groups in total. The molecule has 0 fully saturated rings. The van der Waals surface area contributed by atoms with E-state index in [9.17, 15) is 26.7 Å². The van der Waals surface area contributed by atoms with Crippen molar-refractivity contribution < 1.29 is 36.2 Å². The first-order valence-electron chi connectivity index (χ1n) is 8.25. The van der Waals surface area contributed by atoms with Gasteiger partial charge in [-0.25, -0.2) is 0 Å². The molecule has 0 aliphatic heterocycles. The topological polar surface area (TPSA) is 38.8 Å². The van der Waals surface area contributed by atoms with Crippen LogP contribution in [-0.4, -0.2) is 30.8 Å². The predicted molar refractivity (Wildman–Crippen MR) is 91.0 cm³/mol. The summed E-state index contributed by atoms with van der Waals surface area (Å²) in [6.07, 6.45) is -4.37. The summed E-state index contributed by atoms with van der Waals surface area (Å²) in [6, 6.07) is 11.5. The SMILES string of the molecule is CN(Cc1ccccc1OC(F)(F)F)C(=O)CCc1ccc(OC(F)F)cc1. The Morgan fingerprint density at radius 1 is 1.07 bits per heavy atom. The van der Waals surface area contributed by atoms with Crippen LogP contribution in [0, 0.1) is 0 Å². The van der Waals surface area contributed by atoms with Gasteiger partial charge in [0, 0.05) is 25.6 Å². The van der Waals surface area contributed by atoms with Gasteiger partial charge >= 0.3 is 13.0 Å². The van der Waals surface area contributed by atoms with Gasteiger partial charge in [0.05, 0.1) is 0 Å². The second kappa shape index (κ2) is 9.38. The molecule has 0 heterocycles. The molecule has 1 amide bonds. The molecule has 28 heavy (non-hydrogen) atoms. The molecule has 2 aromatic rings. The number of hydrogen-bond acceptors (Lipinski definition) is 3. The van der Waals surface area contributed by atoms with Gasteiger partial charge in [-0.1, -0.05) is 30.3 Å². The van der Waals surface area contributed by atoms with Crippen molar-refractivity contribution in [2.45, 2.75) is 32.4 Å². The van der Waals surface area contributed by atoms with Crippen LogP contribution in [0.4, 0.5) is 22.0 Å². The zero-order valence-corrected chi connectivity index (χ0v) is 14.9.